The minimum Gasteiger partial charge on any atom is -0.465 e. The van der Waals surface area contributed by atoms with E-state index >= 15 is 0 Å². The Balaban J connectivity index is 2.03. The number of rotatable bonds is 0. The fourth-order valence-corrected chi connectivity index (χ4v) is 2.26. The minimum absolute atomic E-state index is 0.256. The molecule has 7 heteroatoms. The highest BCUT2D eigenvalue weighted by Gasteiger charge is 2.45. The SMILES string of the molecule is O=C(O)N1CCOC2(CCN(C(=O)O)C2)C1. The molecule has 2 rings (SSSR count). The first kappa shape index (κ1) is 11.0. The molecule has 1 unspecified atom stereocenters. The Labute approximate surface area is 92.2 Å². The number of carboxylic acid groups (broad SMARTS) is 2. The van der Waals surface area contributed by atoms with Gasteiger partial charge in [-0.05, 0) is 6.42 Å². The Morgan fingerprint density at radius 2 is 1.62 bits per heavy atom. The fraction of sp³-hybridized carbons (Fsp3) is 0.778. The van der Waals surface area contributed by atoms with Gasteiger partial charge in [0.15, 0.2) is 0 Å². The number of morpholine rings is 1. The smallest absolute Gasteiger partial charge is 0.407 e. The lowest BCUT2D eigenvalue weighted by Gasteiger charge is -2.38. The molecule has 0 saturated carbocycles. The van der Waals surface area contributed by atoms with Crippen molar-refractivity contribution < 1.29 is 24.5 Å². The van der Waals surface area contributed by atoms with E-state index in [0.29, 0.717) is 26.1 Å². The number of nitrogens with zero attached hydrogens (tertiary/aromatic N) is 2. The Morgan fingerprint density at radius 1 is 1.06 bits per heavy atom. The number of hydrogen-bond donors (Lipinski definition) is 2. The Kier molecular flexibility index (Phi) is 2.63. The van der Waals surface area contributed by atoms with Gasteiger partial charge in [-0.2, -0.15) is 0 Å². The topological polar surface area (TPSA) is 90.3 Å². The van der Waals surface area contributed by atoms with Gasteiger partial charge in [-0.1, -0.05) is 0 Å². The fourth-order valence-electron chi connectivity index (χ4n) is 2.26. The van der Waals surface area contributed by atoms with E-state index in [1.807, 2.05) is 0 Å². The summed E-state index contributed by atoms with van der Waals surface area (Å²) in [6.45, 7) is 1.60. The van der Waals surface area contributed by atoms with Crippen molar-refractivity contribution in [2.45, 2.75) is 12.0 Å². The summed E-state index contributed by atoms with van der Waals surface area (Å²) in [5.41, 5.74) is -0.630. The van der Waals surface area contributed by atoms with E-state index in [2.05, 4.69) is 0 Å². The molecule has 1 spiro atoms. The highest BCUT2D eigenvalue weighted by Crippen LogP contribution is 2.29. The first-order valence-electron chi connectivity index (χ1n) is 5.12. The molecule has 0 aliphatic carbocycles. The zero-order valence-electron chi connectivity index (χ0n) is 8.76. The molecule has 7 nitrogen and oxygen atoms in total. The van der Waals surface area contributed by atoms with E-state index in [1.165, 1.54) is 9.80 Å². The van der Waals surface area contributed by atoms with Gasteiger partial charge in [-0.15, -0.1) is 0 Å². The van der Waals surface area contributed by atoms with Gasteiger partial charge in [0.1, 0.15) is 5.60 Å². The Bertz CT molecular complexity index is 321. The predicted octanol–water partition coefficient (Wildman–Crippen LogP) is 0.119. The molecule has 16 heavy (non-hydrogen) atoms. The van der Waals surface area contributed by atoms with Crippen LogP contribution in [0.5, 0.6) is 0 Å². The van der Waals surface area contributed by atoms with E-state index < -0.39 is 17.8 Å². The maximum absolute atomic E-state index is 10.9. The first-order chi connectivity index (χ1) is 7.52. The molecule has 2 heterocycles. The van der Waals surface area contributed by atoms with Gasteiger partial charge in [0.2, 0.25) is 0 Å². The number of ether oxygens (including phenoxy) is 1. The first-order valence-corrected chi connectivity index (χ1v) is 5.12. The lowest BCUT2D eigenvalue weighted by atomic mass is 10.0. The van der Waals surface area contributed by atoms with Crippen molar-refractivity contribution >= 4 is 12.2 Å². The van der Waals surface area contributed by atoms with Crippen molar-refractivity contribution in [1.29, 1.82) is 0 Å². The number of amides is 2. The molecule has 2 amide bonds. The number of hydrogen-bond acceptors (Lipinski definition) is 3. The zero-order valence-corrected chi connectivity index (χ0v) is 8.76. The van der Waals surface area contributed by atoms with Crippen LogP contribution in [0, 0.1) is 0 Å². The average molecular weight is 230 g/mol. The van der Waals surface area contributed by atoms with Crippen LogP contribution in [-0.4, -0.2) is 70.6 Å². The summed E-state index contributed by atoms with van der Waals surface area (Å²) in [6, 6.07) is 0. The lowest BCUT2D eigenvalue weighted by molar-refractivity contribution is -0.0926. The molecular weight excluding hydrogens is 216 g/mol. The van der Waals surface area contributed by atoms with Crippen molar-refractivity contribution in [3.8, 4) is 0 Å². The zero-order chi connectivity index (χ0) is 11.8. The molecule has 1 atom stereocenters. The van der Waals surface area contributed by atoms with Crippen LogP contribution < -0.4 is 0 Å². The summed E-state index contributed by atoms with van der Waals surface area (Å²) in [7, 11) is 0. The third-order valence-corrected chi connectivity index (χ3v) is 3.11. The van der Waals surface area contributed by atoms with Gasteiger partial charge in [0, 0.05) is 13.1 Å². The molecule has 0 bridgehead atoms. The second-order valence-corrected chi connectivity index (χ2v) is 4.19. The molecule has 2 N–H and O–H groups in total. The van der Waals surface area contributed by atoms with Crippen LogP contribution in [0.4, 0.5) is 9.59 Å². The highest BCUT2D eigenvalue weighted by molar-refractivity contribution is 5.66. The monoisotopic (exact) mass is 230 g/mol. The van der Waals surface area contributed by atoms with E-state index in [9.17, 15) is 9.59 Å². The maximum Gasteiger partial charge on any atom is 0.407 e. The normalized spacial score (nSPS) is 29.8. The summed E-state index contributed by atoms with van der Waals surface area (Å²) in [6.07, 6.45) is -1.40. The molecule has 0 aromatic heterocycles. The van der Waals surface area contributed by atoms with E-state index in [-0.39, 0.29) is 13.1 Å². The molecule has 90 valence electrons. The van der Waals surface area contributed by atoms with Crippen LogP contribution in [-0.2, 0) is 4.74 Å². The predicted molar refractivity (Wildman–Crippen MR) is 52.5 cm³/mol. The highest BCUT2D eigenvalue weighted by atomic mass is 16.5. The molecule has 0 radical (unpaired) electrons. The van der Waals surface area contributed by atoms with Crippen molar-refractivity contribution in [1.82, 2.24) is 9.80 Å². The van der Waals surface area contributed by atoms with E-state index in [1.54, 1.807) is 0 Å². The molecule has 2 fully saturated rings. The summed E-state index contributed by atoms with van der Waals surface area (Å²) in [5.74, 6) is 0. The van der Waals surface area contributed by atoms with E-state index in [4.69, 9.17) is 14.9 Å². The van der Waals surface area contributed by atoms with Gasteiger partial charge < -0.3 is 24.7 Å². The molecular formula is C9H14N2O5. The van der Waals surface area contributed by atoms with Crippen molar-refractivity contribution in [3.05, 3.63) is 0 Å². The summed E-state index contributed by atoms with van der Waals surface area (Å²) in [5, 5.41) is 17.7. The van der Waals surface area contributed by atoms with Crippen LogP contribution in [0.15, 0.2) is 0 Å². The number of carbonyl (C=O) groups is 2. The van der Waals surface area contributed by atoms with E-state index in [0.717, 1.165) is 0 Å². The van der Waals surface area contributed by atoms with Crippen LogP contribution >= 0.6 is 0 Å². The summed E-state index contributed by atoms with van der Waals surface area (Å²) < 4.78 is 5.58. The Hall–Kier alpha value is -1.50. The van der Waals surface area contributed by atoms with Gasteiger partial charge in [-0.25, -0.2) is 9.59 Å². The Morgan fingerprint density at radius 3 is 2.12 bits per heavy atom. The summed E-state index contributed by atoms with van der Waals surface area (Å²) >= 11 is 0. The maximum atomic E-state index is 10.9. The molecule has 2 aliphatic heterocycles. The second-order valence-electron chi connectivity index (χ2n) is 4.19. The lowest BCUT2D eigenvalue weighted by Crippen LogP contribution is -2.54. The van der Waals surface area contributed by atoms with Gasteiger partial charge in [-0.3, -0.25) is 0 Å². The molecule has 0 aromatic carbocycles. The van der Waals surface area contributed by atoms with Crippen LogP contribution in [0.2, 0.25) is 0 Å². The number of likely N-dealkylation sites (tertiary alicyclic amines) is 1. The average Bonchev–Trinajstić information content (AvgIpc) is 2.62. The minimum atomic E-state index is -0.979. The van der Waals surface area contributed by atoms with Gasteiger partial charge >= 0.3 is 12.2 Å². The second kappa shape index (κ2) is 3.82. The molecule has 2 aliphatic rings. The van der Waals surface area contributed by atoms with Crippen LogP contribution in [0.25, 0.3) is 0 Å². The van der Waals surface area contributed by atoms with Crippen LogP contribution in [0.3, 0.4) is 0 Å². The van der Waals surface area contributed by atoms with Crippen LogP contribution in [0.1, 0.15) is 6.42 Å². The standard InChI is InChI=1S/C9H14N2O5/c12-7(13)10-2-1-9(5-10)6-11(8(14)15)3-4-16-9/h1-6H2,(H,12,13)(H,14,15). The van der Waals surface area contributed by atoms with Crippen molar-refractivity contribution in [2.75, 3.05) is 32.8 Å². The van der Waals surface area contributed by atoms with Gasteiger partial charge in [0.05, 0.1) is 19.7 Å². The third kappa shape index (κ3) is 1.90. The third-order valence-electron chi connectivity index (χ3n) is 3.11. The van der Waals surface area contributed by atoms with Crippen molar-refractivity contribution in [3.63, 3.8) is 0 Å². The molecule has 2 saturated heterocycles. The van der Waals surface area contributed by atoms with Crippen molar-refractivity contribution in [2.24, 2.45) is 0 Å². The molecule has 0 aromatic rings. The summed E-state index contributed by atoms with van der Waals surface area (Å²) in [4.78, 5) is 24.2. The van der Waals surface area contributed by atoms with Gasteiger partial charge in [0.25, 0.3) is 0 Å². The largest absolute Gasteiger partial charge is 0.465 e. The quantitative estimate of drug-likeness (QED) is 0.616.